The maximum atomic E-state index is 12.7. The van der Waals surface area contributed by atoms with Gasteiger partial charge in [-0.15, -0.1) is 0 Å². The Kier molecular flexibility index (Phi) is 6.49. The highest BCUT2D eigenvalue weighted by Crippen LogP contribution is 2.48. The van der Waals surface area contributed by atoms with E-state index < -0.39 is 5.97 Å². The minimum atomic E-state index is -0.400. The van der Waals surface area contributed by atoms with Crippen LogP contribution in [0.15, 0.2) is 71.2 Å². The number of hydrogen-bond donors (Lipinski definition) is 1. The van der Waals surface area contributed by atoms with E-state index in [4.69, 9.17) is 9.84 Å². The van der Waals surface area contributed by atoms with Gasteiger partial charge in [0.2, 0.25) is 5.88 Å². The van der Waals surface area contributed by atoms with Crippen LogP contribution in [0.1, 0.15) is 52.9 Å². The van der Waals surface area contributed by atoms with E-state index >= 15 is 0 Å². The highest BCUT2D eigenvalue weighted by molar-refractivity contribution is 9.10. The number of nitrogens with zero attached hydrogens (tertiary/aromatic N) is 2. The molecule has 0 atom stereocenters. The first-order chi connectivity index (χ1) is 17.3. The van der Waals surface area contributed by atoms with Gasteiger partial charge in [0.25, 0.3) is 5.91 Å². The van der Waals surface area contributed by atoms with Crippen LogP contribution in [0.25, 0.3) is 16.8 Å². The van der Waals surface area contributed by atoms with Gasteiger partial charge >= 0.3 is 5.97 Å². The molecule has 0 unspecified atom stereocenters. The van der Waals surface area contributed by atoms with Crippen LogP contribution in [0.2, 0.25) is 0 Å². The van der Waals surface area contributed by atoms with Crippen molar-refractivity contribution in [2.75, 3.05) is 5.32 Å². The first-order valence-electron chi connectivity index (χ1n) is 11.9. The molecule has 1 fully saturated rings. The molecule has 1 aliphatic carbocycles. The van der Waals surface area contributed by atoms with Crippen LogP contribution in [0.5, 0.6) is 5.88 Å². The van der Waals surface area contributed by atoms with Crippen molar-refractivity contribution in [2.24, 2.45) is 0 Å². The molecular formula is C29H26BrN3O3. The molecule has 6 nitrogen and oxygen atoms in total. The van der Waals surface area contributed by atoms with Crippen molar-refractivity contribution in [1.82, 2.24) is 9.78 Å². The Labute approximate surface area is 218 Å². The molecule has 1 N–H and O–H groups in total. The normalized spacial score (nSPS) is 12.9. The molecule has 5 rings (SSSR count). The summed E-state index contributed by atoms with van der Waals surface area (Å²) in [7, 11) is 0. The van der Waals surface area contributed by atoms with Gasteiger partial charge < -0.3 is 10.1 Å². The molecule has 7 heteroatoms. The number of esters is 1. The van der Waals surface area contributed by atoms with Crippen molar-refractivity contribution in [3.63, 3.8) is 0 Å². The molecule has 1 aliphatic rings. The standard InChI is InChI=1S/C29H26BrN3O3/c1-17-7-8-18(2)25(15-17)33-29(36-19(3)34)26(27(32-33)21-9-10-21)20-11-13-24(14-12-20)31-28(35)22-5-4-6-23(30)16-22/h4-8,11-16,21H,9-10H2,1-3H3,(H,31,35). The van der Waals surface area contributed by atoms with E-state index in [0.29, 0.717) is 23.0 Å². The summed E-state index contributed by atoms with van der Waals surface area (Å²) in [5.74, 6) is 0.162. The van der Waals surface area contributed by atoms with Crippen LogP contribution in [-0.4, -0.2) is 21.7 Å². The number of halogens is 1. The minimum absolute atomic E-state index is 0.189. The average molecular weight is 544 g/mol. The maximum absolute atomic E-state index is 12.7. The van der Waals surface area contributed by atoms with Crippen molar-refractivity contribution in [2.45, 2.75) is 39.5 Å². The third-order valence-corrected chi connectivity index (χ3v) is 6.68. The molecular weight excluding hydrogens is 518 g/mol. The lowest BCUT2D eigenvalue weighted by Crippen LogP contribution is -2.11. The van der Waals surface area contributed by atoms with Crippen LogP contribution < -0.4 is 10.1 Å². The highest BCUT2D eigenvalue weighted by atomic mass is 79.9. The zero-order chi connectivity index (χ0) is 25.4. The van der Waals surface area contributed by atoms with Crippen molar-refractivity contribution < 1.29 is 14.3 Å². The highest BCUT2D eigenvalue weighted by Gasteiger charge is 2.34. The van der Waals surface area contributed by atoms with Crippen molar-refractivity contribution in [3.05, 3.63) is 93.6 Å². The van der Waals surface area contributed by atoms with Gasteiger partial charge in [0.1, 0.15) is 0 Å². The fraction of sp³-hybridized carbons (Fsp3) is 0.207. The van der Waals surface area contributed by atoms with Gasteiger partial charge in [0, 0.05) is 28.6 Å². The van der Waals surface area contributed by atoms with Crippen LogP contribution in [0.4, 0.5) is 5.69 Å². The lowest BCUT2D eigenvalue weighted by molar-refractivity contribution is -0.132. The maximum Gasteiger partial charge on any atom is 0.309 e. The van der Waals surface area contributed by atoms with Crippen LogP contribution in [0, 0.1) is 13.8 Å². The molecule has 0 saturated heterocycles. The topological polar surface area (TPSA) is 73.2 Å². The number of carbonyl (C=O) groups excluding carboxylic acids is 2. The smallest absolute Gasteiger partial charge is 0.309 e. The van der Waals surface area contributed by atoms with E-state index in [1.165, 1.54) is 6.92 Å². The zero-order valence-corrected chi connectivity index (χ0v) is 21.9. The van der Waals surface area contributed by atoms with Gasteiger partial charge in [-0.3, -0.25) is 9.59 Å². The van der Waals surface area contributed by atoms with E-state index in [1.807, 2.05) is 56.3 Å². The summed E-state index contributed by atoms with van der Waals surface area (Å²) in [4.78, 5) is 24.8. The second-order valence-corrected chi connectivity index (χ2v) is 10.1. The van der Waals surface area contributed by atoms with Gasteiger partial charge in [-0.1, -0.05) is 46.3 Å². The summed E-state index contributed by atoms with van der Waals surface area (Å²) in [6, 6.07) is 21.0. The number of benzene rings is 3. The molecule has 0 bridgehead atoms. The molecule has 1 heterocycles. The zero-order valence-electron chi connectivity index (χ0n) is 20.3. The average Bonchev–Trinajstić information content (AvgIpc) is 3.63. The fourth-order valence-corrected chi connectivity index (χ4v) is 4.63. The third kappa shape index (κ3) is 4.97. The van der Waals surface area contributed by atoms with Crippen molar-refractivity contribution >= 4 is 33.5 Å². The van der Waals surface area contributed by atoms with Crippen LogP contribution in [-0.2, 0) is 4.79 Å². The lowest BCUT2D eigenvalue weighted by Gasteiger charge is -2.12. The number of carbonyl (C=O) groups is 2. The third-order valence-electron chi connectivity index (χ3n) is 6.19. The number of rotatable bonds is 6. The summed E-state index contributed by atoms with van der Waals surface area (Å²) in [6.07, 6.45) is 2.11. The van der Waals surface area contributed by atoms with E-state index in [1.54, 1.807) is 16.8 Å². The summed E-state index contributed by atoms with van der Waals surface area (Å²) in [6.45, 7) is 5.45. The van der Waals surface area contributed by atoms with E-state index in [9.17, 15) is 9.59 Å². The lowest BCUT2D eigenvalue weighted by atomic mass is 10.0. The van der Waals surface area contributed by atoms with Crippen LogP contribution in [0.3, 0.4) is 0 Å². The molecule has 0 spiro atoms. The Balaban J connectivity index is 1.54. The van der Waals surface area contributed by atoms with Gasteiger partial charge in [-0.2, -0.15) is 9.78 Å². The predicted octanol–water partition coefficient (Wildman–Crippen LogP) is 6.97. The van der Waals surface area contributed by atoms with Crippen molar-refractivity contribution in [3.8, 4) is 22.7 Å². The van der Waals surface area contributed by atoms with Crippen LogP contribution >= 0.6 is 15.9 Å². The Morgan fingerprint density at radius 2 is 1.78 bits per heavy atom. The Hall–Kier alpha value is -3.71. The summed E-state index contributed by atoms with van der Waals surface area (Å²) in [5.41, 5.74) is 6.89. The first kappa shape index (κ1) is 24.0. The second-order valence-electron chi connectivity index (χ2n) is 9.18. The predicted molar refractivity (Wildman–Crippen MR) is 144 cm³/mol. The summed E-state index contributed by atoms with van der Waals surface area (Å²) >= 11 is 3.40. The molecule has 1 amide bonds. The molecule has 36 heavy (non-hydrogen) atoms. The Morgan fingerprint density at radius 3 is 2.44 bits per heavy atom. The Morgan fingerprint density at radius 1 is 1.03 bits per heavy atom. The first-order valence-corrected chi connectivity index (χ1v) is 12.7. The van der Waals surface area contributed by atoms with Gasteiger partial charge in [-0.05, 0) is 79.8 Å². The molecule has 1 saturated carbocycles. The number of aryl methyl sites for hydroxylation is 2. The van der Waals surface area contributed by atoms with E-state index in [0.717, 1.165) is 50.9 Å². The number of nitrogens with one attached hydrogen (secondary N) is 1. The van der Waals surface area contributed by atoms with Gasteiger partial charge in [0.05, 0.1) is 16.9 Å². The minimum Gasteiger partial charge on any atom is -0.407 e. The molecule has 1 aromatic heterocycles. The fourth-order valence-electron chi connectivity index (χ4n) is 4.23. The summed E-state index contributed by atoms with van der Waals surface area (Å²) in [5, 5.41) is 7.90. The summed E-state index contributed by atoms with van der Waals surface area (Å²) < 4.78 is 8.39. The molecule has 0 radical (unpaired) electrons. The molecule has 0 aliphatic heterocycles. The number of ether oxygens (including phenoxy) is 1. The second kappa shape index (κ2) is 9.74. The van der Waals surface area contributed by atoms with Gasteiger partial charge in [0.15, 0.2) is 0 Å². The molecule has 182 valence electrons. The molecule has 4 aromatic rings. The van der Waals surface area contributed by atoms with E-state index in [2.05, 4.69) is 33.4 Å². The number of hydrogen-bond acceptors (Lipinski definition) is 4. The van der Waals surface area contributed by atoms with Gasteiger partial charge in [-0.25, -0.2) is 0 Å². The SMILES string of the molecule is CC(=O)Oc1c(-c2ccc(NC(=O)c3cccc(Br)c3)cc2)c(C2CC2)nn1-c1cc(C)ccc1C. The van der Waals surface area contributed by atoms with Crippen molar-refractivity contribution in [1.29, 1.82) is 0 Å². The Bertz CT molecular complexity index is 1470. The number of amides is 1. The quantitative estimate of drug-likeness (QED) is 0.266. The largest absolute Gasteiger partial charge is 0.407 e. The number of aromatic nitrogens is 2. The number of anilines is 1. The molecule has 3 aromatic carbocycles. The van der Waals surface area contributed by atoms with E-state index in [-0.39, 0.29) is 5.91 Å². The monoisotopic (exact) mass is 543 g/mol.